The van der Waals surface area contributed by atoms with Crippen LogP contribution in [0.1, 0.15) is 35.4 Å². The Morgan fingerprint density at radius 3 is 2.38 bits per heavy atom. The fourth-order valence-electron chi connectivity index (χ4n) is 5.68. The molecule has 4 atom stereocenters. The number of amides is 1. The Bertz CT molecular complexity index is 1340. The largest absolute Gasteiger partial charge is 0.508 e. The number of hydrogen-bond acceptors (Lipinski definition) is 7. The highest BCUT2D eigenvalue weighted by atomic mass is 19.1. The highest BCUT2D eigenvalue weighted by Crippen LogP contribution is 2.57. The van der Waals surface area contributed by atoms with Crippen molar-refractivity contribution in [3.05, 3.63) is 81.9 Å². The fraction of sp³-hybridized carbons (Fsp3) is 0.240. The van der Waals surface area contributed by atoms with Gasteiger partial charge in [0.1, 0.15) is 28.7 Å². The SMILES string of the molecule is NC(=O)C1=C(O)[C@@]2(O)C(=O)C3=C(O)c4c(O)cccc4[C@H](c4ccc(F)cc4)C3C[C@H]2CC1=O. The molecule has 0 radical (unpaired) electrons. The maximum absolute atomic E-state index is 13.7. The number of phenols is 1. The number of fused-ring (bicyclic) bond motifs is 3. The van der Waals surface area contributed by atoms with Gasteiger partial charge in [0.2, 0.25) is 5.78 Å². The van der Waals surface area contributed by atoms with E-state index in [1.54, 1.807) is 12.1 Å². The van der Waals surface area contributed by atoms with Gasteiger partial charge in [0.05, 0.1) is 5.56 Å². The van der Waals surface area contributed by atoms with E-state index in [1.165, 1.54) is 30.3 Å². The van der Waals surface area contributed by atoms with E-state index in [9.17, 15) is 39.2 Å². The van der Waals surface area contributed by atoms with Gasteiger partial charge in [-0.2, -0.15) is 0 Å². The molecule has 0 aromatic heterocycles. The lowest BCUT2D eigenvalue weighted by atomic mass is 9.56. The van der Waals surface area contributed by atoms with Crippen molar-refractivity contribution in [1.82, 2.24) is 0 Å². The summed E-state index contributed by atoms with van der Waals surface area (Å²) in [4.78, 5) is 38.0. The minimum Gasteiger partial charge on any atom is -0.508 e. The summed E-state index contributed by atoms with van der Waals surface area (Å²) in [6, 6.07) is 10.1. The normalized spacial score (nSPS) is 28.4. The number of carbonyl (C=O) groups excluding carboxylic acids is 3. The van der Waals surface area contributed by atoms with Crippen molar-refractivity contribution in [3.63, 3.8) is 0 Å². The quantitative estimate of drug-likeness (QED) is 0.425. The van der Waals surface area contributed by atoms with E-state index in [4.69, 9.17) is 5.73 Å². The van der Waals surface area contributed by atoms with Crippen LogP contribution in [0.2, 0.25) is 0 Å². The first-order valence-corrected chi connectivity index (χ1v) is 10.6. The lowest BCUT2D eigenvalue weighted by molar-refractivity contribution is -0.147. The molecule has 9 heteroatoms. The van der Waals surface area contributed by atoms with Gasteiger partial charge in [-0.3, -0.25) is 14.4 Å². The Labute approximate surface area is 192 Å². The van der Waals surface area contributed by atoms with E-state index >= 15 is 0 Å². The number of phenolic OH excluding ortho intramolecular Hbond substituents is 1. The van der Waals surface area contributed by atoms with Crippen LogP contribution in [0.3, 0.4) is 0 Å². The Morgan fingerprint density at radius 1 is 1.06 bits per heavy atom. The van der Waals surface area contributed by atoms with Crippen molar-refractivity contribution in [1.29, 1.82) is 0 Å². The molecule has 0 heterocycles. The molecule has 0 aliphatic heterocycles. The summed E-state index contributed by atoms with van der Waals surface area (Å²) in [5, 5.41) is 43.6. The van der Waals surface area contributed by atoms with Crippen molar-refractivity contribution in [3.8, 4) is 5.75 Å². The van der Waals surface area contributed by atoms with Gasteiger partial charge in [0, 0.05) is 29.7 Å². The van der Waals surface area contributed by atoms with Gasteiger partial charge in [0.15, 0.2) is 11.4 Å². The Balaban J connectivity index is 1.77. The zero-order chi connectivity index (χ0) is 24.5. The Morgan fingerprint density at radius 2 is 1.74 bits per heavy atom. The van der Waals surface area contributed by atoms with Crippen LogP contribution in [0.5, 0.6) is 5.75 Å². The van der Waals surface area contributed by atoms with E-state index in [0.29, 0.717) is 11.1 Å². The molecule has 1 amide bonds. The first-order chi connectivity index (χ1) is 16.1. The predicted octanol–water partition coefficient (Wildman–Crippen LogP) is 2.15. The fourth-order valence-corrected chi connectivity index (χ4v) is 5.68. The number of benzene rings is 2. The second kappa shape index (κ2) is 7.26. The van der Waals surface area contributed by atoms with Crippen molar-refractivity contribution in [2.24, 2.45) is 17.6 Å². The van der Waals surface area contributed by atoms with Crippen LogP contribution in [-0.2, 0) is 14.4 Å². The minimum atomic E-state index is -2.65. The number of hydrogen-bond donors (Lipinski definition) is 5. The van der Waals surface area contributed by atoms with E-state index in [2.05, 4.69) is 0 Å². The number of primary amides is 1. The standard InChI is InChI=1S/C25H20FNO7/c26-12-6-4-10(5-7-12)17-13-2-1-3-15(28)18(13)21(30)19-14(17)8-11-9-16(29)20(24(27)33)23(32)25(11,34)22(19)31/h1-7,11,14,17,28,30,32,34H,8-9H2,(H2,27,33)/t11-,14?,17-,25-/m0/s1. The Kier molecular flexibility index (Phi) is 4.66. The van der Waals surface area contributed by atoms with Crippen molar-refractivity contribution in [2.75, 3.05) is 0 Å². The first-order valence-electron chi connectivity index (χ1n) is 10.6. The molecule has 34 heavy (non-hydrogen) atoms. The van der Waals surface area contributed by atoms with Crippen molar-refractivity contribution in [2.45, 2.75) is 24.4 Å². The number of carbonyl (C=O) groups is 3. The zero-order valence-electron chi connectivity index (χ0n) is 17.7. The molecule has 0 spiro atoms. The smallest absolute Gasteiger partial charge is 0.255 e. The first kappa shape index (κ1) is 21.8. The number of aliphatic hydroxyl groups excluding tert-OH is 2. The molecule has 2 aromatic carbocycles. The van der Waals surface area contributed by atoms with Crippen LogP contribution in [0.15, 0.2) is 59.4 Å². The summed E-state index contributed by atoms with van der Waals surface area (Å²) in [5.41, 5.74) is 2.49. The lowest BCUT2D eigenvalue weighted by Gasteiger charge is -2.48. The summed E-state index contributed by atoms with van der Waals surface area (Å²) in [6.45, 7) is 0. The van der Waals surface area contributed by atoms with Crippen LogP contribution in [0.4, 0.5) is 4.39 Å². The van der Waals surface area contributed by atoms with Gasteiger partial charge in [0.25, 0.3) is 5.91 Å². The third-order valence-electron chi connectivity index (χ3n) is 7.18. The van der Waals surface area contributed by atoms with Gasteiger partial charge in [-0.05, 0) is 35.7 Å². The van der Waals surface area contributed by atoms with Gasteiger partial charge < -0.3 is 26.2 Å². The van der Waals surface area contributed by atoms with Gasteiger partial charge >= 0.3 is 0 Å². The highest BCUT2D eigenvalue weighted by Gasteiger charge is 2.61. The summed E-state index contributed by atoms with van der Waals surface area (Å²) >= 11 is 0. The number of Topliss-reactive ketones (excluding diaryl/α,β-unsaturated/α-hetero) is 2. The summed E-state index contributed by atoms with van der Waals surface area (Å²) in [7, 11) is 0. The van der Waals surface area contributed by atoms with Crippen LogP contribution < -0.4 is 5.73 Å². The van der Waals surface area contributed by atoms with E-state index in [0.717, 1.165) is 0 Å². The number of aliphatic hydroxyl groups is 3. The molecular weight excluding hydrogens is 445 g/mol. The number of aromatic hydroxyl groups is 1. The molecule has 1 fully saturated rings. The molecule has 3 aliphatic carbocycles. The number of ketones is 2. The van der Waals surface area contributed by atoms with Crippen LogP contribution in [0, 0.1) is 17.7 Å². The molecule has 174 valence electrons. The molecule has 3 aliphatic rings. The molecule has 8 nitrogen and oxygen atoms in total. The number of nitrogens with two attached hydrogens (primary N) is 1. The van der Waals surface area contributed by atoms with E-state index in [1.807, 2.05) is 0 Å². The van der Waals surface area contributed by atoms with E-state index in [-0.39, 0.29) is 23.3 Å². The predicted molar refractivity (Wildman–Crippen MR) is 116 cm³/mol. The minimum absolute atomic E-state index is 0.0241. The van der Waals surface area contributed by atoms with Crippen LogP contribution in [0.25, 0.3) is 5.76 Å². The topological polar surface area (TPSA) is 158 Å². The van der Waals surface area contributed by atoms with Crippen molar-refractivity contribution < 1.29 is 39.2 Å². The highest BCUT2D eigenvalue weighted by molar-refractivity contribution is 6.22. The second-order valence-corrected chi connectivity index (χ2v) is 8.88. The molecule has 2 aromatic rings. The average Bonchev–Trinajstić information content (AvgIpc) is 2.77. The molecule has 1 saturated carbocycles. The maximum Gasteiger partial charge on any atom is 0.255 e. The van der Waals surface area contributed by atoms with Crippen molar-refractivity contribution >= 4 is 23.2 Å². The second-order valence-electron chi connectivity index (χ2n) is 8.88. The molecule has 5 rings (SSSR count). The molecule has 0 bridgehead atoms. The summed E-state index contributed by atoms with van der Waals surface area (Å²) < 4.78 is 13.6. The monoisotopic (exact) mass is 465 g/mol. The van der Waals surface area contributed by atoms with Crippen LogP contribution >= 0.6 is 0 Å². The van der Waals surface area contributed by atoms with Gasteiger partial charge in [-0.15, -0.1) is 0 Å². The summed E-state index contributed by atoms with van der Waals surface area (Å²) in [5.74, 6) is -8.16. The molecule has 6 N–H and O–H groups in total. The average molecular weight is 465 g/mol. The molecule has 1 unspecified atom stereocenters. The Hall–Kier alpha value is -3.98. The third kappa shape index (κ3) is 2.76. The maximum atomic E-state index is 13.7. The third-order valence-corrected chi connectivity index (χ3v) is 7.18. The van der Waals surface area contributed by atoms with E-state index < -0.39 is 70.2 Å². The molecular formula is C25H20FNO7. The van der Waals surface area contributed by atoms with Gasteiger partial charge in [-0.25, -0.2) is 4.39 Å². The lowest BCUT2D eigenvalue weighted by Crippen LogP contribution is -2.58. The number of halogens is 1. The summed E-state index contributed by atoms with van der Waals surface area (Å²) in [6.07, 6.45) is -0.446. The van der Waals surface area contributed by atoms with Gasteiger partial charge in [-0.1, -0.05) is 24.3 Å². The number of rotatable bonds is 2. The zero-order valence-corrected chi connectivity index (χ0v) is 17.7. The molecule has 0 saturated heterocycles. The van der Waals surface area contributed by atoms with Crippen LogP contribution in [-0.4, -0.2) is 43.5 Å².